The fourth-order valence-corrected chi connectivity index (χ4v) is 0.192. The van der Waals surface area contributed by atoms with Gasteiger partial charge in [0.2, 0.25) is 0 Å². The van der Waals surface area contributed by atoms with E-state index < -0.39 is 0 Å². The first kappa shape index (κ1) is 6.30. The van der Waals surface area contributed by atoms with Crippen LogP contribution in [0.5, 0.6) is 0 Å². The number of rotatable bonds is 3. The van der Waals surface area contributed by atoms with E-state index in [2.05, 4.69) is 0 Å². The first-order valence-electron chi connectivity index (χ1n) is 2.10. The first-order valence-corrected chi connectivity index (χ1v) is 2.10. The lowest BCUT2D eigenvalue weighted by atomic mass is 10.7. The van der Waals surface area contributed by atoms with Gasteiger partial charge in [-0.3, -0.25) is 0 Å². The first-order chi connectivity index (χ1) is 3.41. The Morgan fingerprint density at radius 2 is 2.29 bits per heavy atom. The summed E-state index contributed by atoms with van der Waals surface area (Å²) in [4.78, 5) is 0. The molecule has 7 heavy (non-hydrogen) atoms. The molecule has 0 aliphatic carbocycles. The molecule has 0 saturated heterocycles. The van der Waals surface area contributed by atoms with Gasteiger partial charge >= 0.3 is 0 Å². The summed E-state index contributed by atoms with van der Waals surface area (Å²) in [6.07, 6.45) is 2.74. The third-order valence-corrected chi connectivity index (χ3v) is 0.410. The van der Waals surface area contributed by atoms with E-state index in [-0.39, 0.29) is 0 Å². The van der Waals surface area contributed by atoms with E-state index in [1.54, 1.807) is 0 Å². The monoisotopic (exact) mass is 102 g/mol. The second kappa shape index (κ2) is 5.30. The highest BCUT2D eigenvalue weighted by atomic mass is 16.5. The van der Waals surface area contributed by atoms with Crippen molar-refractivity contribution in [3.8, 4) is 0 Å². The maximum absolute atomic E-state index is 5.07. The number of hydrogen-bond acceptors (Lipinski definition) is 3. The van der Waals surface area contributed by atoms with Crippen LogP contribution in [0.3, 0.4) is 0 Å². The Kier molecular flexibility index (Phi) is 4.77. The minimum Gasteiger partial charge on any atom is -0.498 e. The fraction of sp³-hybridized carbons (Fsp3) is 0.500. The van der Waals surface area contributed by atoms with E-state index >= 15 is 0 Å². The van der Waals surface area contributed by atoms with Crippen molar-refractivity contribution in [3.05, 3.63) is 12.5 Å². The van der Waals surface area contributed by atoms with Crippen molar-refractivity contribution in [3.63, 3.8) is 0 Å². The molecule has 0 fully saturated rings. The second-order valence-corrected chi connectivity index (χ2v) is 0.988. The third kappa shape index (κ3) is 5.30. The molecule has 0 atom stereocenters. The highest BCUT2D eigenvalue weighted by molar-refractivity contribution is 4.62. The van der Waals surface area contributed by atoms with Crippen LogP contribution in [0.15, 0.2) is 12.5 Å². The molecule has 0 amide bonds. The predicted molar refractivity (Wildman–Crippen MR) is 28.3 cm³/mol. The van der Waals surface area contributed by atoms with Gasteiger partial charge < -0.3 is 16.2 Å². The van der Waals surface area contributed by atoms with Crippen molar-refractivity contribution in [1.82, 2.24) is 0 Å². The van der Waals surface area contributed by atoms with E-state index in [0.717, 1.165) is 0 Å². The van der Waals surface area contributed by atoms with Crippen molar-refractivity contribution < 1.29 is 4.74 Å². The minimum atomic E-state index is 0.532. The minimum absolute atomic E-state index is 0.532. The van der Waals surface area contributed by atoms with Crippen LogP contribution in [0, 0.1) is 0 Å². The highest BCUT2D eigenvalue weighted by Gasteiger charge is 1.70. The van der Waals surface area contributed by atoms with Gasteiger partial charge in [-0.2, -0.15) is 0 Å². The van der Waals surface area contributed by atoms with Gasteiger partial charge in [0, 0.05) is 12.7 Å². The van der Waals surface area contributed by atoms with Gasteiger partial charge in [0.15, 0.2) is 0 Å². The van der Waals surface area contributed by atoms with Gasteiger partial charge in [0.1, 0.15) is 0 Å². The van der Waals surface area contributed by atoms with Gasteiger partial charge in [-0.05, 0) is 0 Å². The van der Waals surface area contributed by atoms with E-state index in [1.807, 2.05) is 0 Å². The molecule has 0 unspecified atom stereocenters. The summed E-state index contributed by atoms with van der Waals surface area (Å²) in [5.41, 5.74) is 9.99. The molecule has 0 aliphatic heterocycles. The van der Waals surface area contributed by atoms with Crippen molar-refractivity contribution in [2.45, 2.75) is 0 Å². The molecule has 3 heteroatoms. The molecular formula is C4H10N2O. The maximum Gasteiger partial charge on any atom is 0.0996 e. The zero-order valence-corrected chi connectivity index (χ0v) is 4.13. The lowest BCUT2D eigenvalue weighted by Crippen LogP contribution is -2.05. The summed E-state index contributed by atoms with van der Waals surface area (Å²) in [6, 6.07) is 0. The molecule has 0 rings (SSSR count). The molecule has 0 bridgehead atoms. The molecule has 0 radical (unpaired) electrons. The van der Waals surface area contributed by atoms with Gasteiger partial charge in [-0.25, -0.2) is 0 Å². The standard InChI is InChI=1S/C4H10N2O/c5-1-3-7-4-2-6/h1,3H,2,4-6H2. The summed E-state index contributed by atoms with van der Waals surface area (Å²) in [5.74, 6) is 0. The maximum atomic E-state index is 5.07. The largest absolute Gasteiger partial charge is 0.498 e. The Hall–Kier alpha value is -0.700. The van der Waals surface area contributed by atoms with E-state index in [1.165, 1.54) is 12.5 Å². The quantitative estimate of drug-likeness (QED) is 0.369. The second-order valence-electron chi connectivity index (χ2n) is 0.988. The van der Waals surface area contributed by atoms with Gasteiger partial charge in [-0.15, -0.1) is 0 Å². The highest BCUT2D eigenvalue weighted by Crippen LogP contribution is 1.68. The Bertz CT molecular complexity index is 53.7. The summed E-state index contributed by atoms with van der Waals surface area (Å²) < 4.78 is 4.70. The van der Waals surface area contributed by atoms with E-state index in [0.29, 0.717) is 13.2 Å². The molecule has 0 spiro atoms. The van der Waals surface area contributed by atoms with Crippen LogP contribution in [0.1, 0.15) is 0 Å². The van der Waals surface area contributed by atoms with Crippen LogP contribution in [0.2, 0.25) is 0 Å². The number of ether oxygens (including phenoxy) is 1. The molecule has 0 aromatic carbocycles. The molecule has 3 nitrogen and oxygen atoms in total. The summed E-state index contributed by atoms with van der Waals surface area (Å²) in [6.45, 7) is 1.07. The third-order valence-electron chi connectivity index (χ3n) is 0.410. The van der Waals surface area contributed by atoms with Crippen molar-refractivity contribution in [2.75, 3.05) is 13.2 Å². The Labute approximate surface area is 42.9 Å². The summed E-state index contributed by atoms with van der Waals surface area (Å²) >= 11 is 0. The normalized spacial score (nSPS) is 9.86. The zero-order chi connectivity index (χ0) is 5.54. The summed E-state index contributed by atoms with van der Waals surface area (Å²) in [7, 11) is 0. The van der Waals surface area contributed by atoms with Crippen LogP contribution >= 0.6 is 0 Å². The van der Waals surface area contributed by atoms with Crippen molar-refractivity contribution >= 4 is 0 Å². The van der Waals surface area contributed by atoms with Crippen LogP contribution in [0.25, 0.3) is 0 Å². The number of hydrogen-bond donors (Lipinski definition) is 2. The van der Waals surface area contributed by atoms with Crippen LogP contribution in [-0.4, -0.2) is 13.2 Å². The van der Waals surface area contributed by atoms with Gasteiger partial charge in [-0.1, -0.05) is 0 Å². The average molecular weight is 102 g/mol. The lowest BCUT2D eigenvalue weighted by Gasteiger charge is -1.91. The molecule has 0 aromatic heterocycles. The van der Waals surface area contributed by atoms with Crippen molar-refractivity contribution in [2.24, 2.45) is 11.5 Å². The van der Waals surface area contributed by atoms with Crippen molar-refractivity contribution in [1.29, 1.82) is 0 Å². The smallest absolute Gasteiger partial charge is 0.0996 e. The molecule has 0 aromatic rings. The molecule has 0 saturated carbocycles. The Morgan fingerprint density at radius 1 is 1.57 bits per heavy atom. The van der Waals surface area contributed by atoms with Crippen LogP contribution < -0.4 is 11.5 Å². The van der Waals surface area contributed by atoms with E-state index in [9.17, 15) is 0 Å². The number of nitrogens with two attached hydrogens (primary N) is 2. The molecule has 4 N–H and O–H groups in total. The average Bonchev–Trinajstić information content (AvgIpc) is 1.69. The topological polar surface area (TPSA) is 61.3 Å². The Balaban J connectivity index is 2.69. The van der Waals surface area contributed by atoms with Gasteiger partial charge in [0.05, 0.1) is 12.9 Å². The zero-order valence-electron chi connectivity index (χ0n) is 4.13. The predicted octanol–water partition coefficient (Wildman–Crippen LogP) is -0.608. The summed E-state index contributed by atoms with van der Waals surface area (Å²) in [5, 5.41) is 0. The fourth-order valence-electron chi connectivity index (χ4n) is 0.192. The van der Waals surface area contributed by atoms with Crippen LogP contribution in [0.4, 0.5) is 0 Å². The van der Waals surface area contributed by atoms with Gasteiger partial charge in [0.25, 0.3) is 0 Å². The van der Waals surface area contributed by atoms with Crippen LogP contribution in [-0.2, 0) is 4.74 Å². The molecule has 0 aliphatic rings. The molecular weight excluding hydrogens is 92.1 g/mol. The molecule has 42 valence electrons. The van der Waals surface area contributed by atoms with E-state index in [4.69, 9.17) is 16.2 Å². The Morgan fingerprint density at radius 3 is 2.71 bits per heavy atom. The molecule has 0 heterocycles. The lowest BCUT2D eigenvalue weighted by molar-refractivity contribution is 0.259. The SMILES string of the molecule is NC=COCCN.